The van der Waals surface area contributed by atoms with E-state index in [1.165, 1.54) is 0 Å². The quantitative estimate of drug-likeness (QED) is 0.577. The summed E-state index contributed by atoms with van der Waals surface area (Å²) in [5.74, 6) is -0.428. The number of ether oxygens (including phenoxy) is 1. The minimum Gasteiger partial charge on any atom is -0.465 e. The van der Waals surface area contributed by atoms with Crippen LogP contribution < -0.4 is 0 Å². The second-order valence-electron chi connectivity index (χ2n) is 3.80. The van der Waals surface area contributed by atoms with Crippen molar-refractivity contribution in [3.05, 3.63) is 30.3 Å². The van der Waals surface area contributed by atoms with Gasteiger partial charge >= 0.3 is 5.97 Å². The molecule has 0 bridgehead atoms. The molecule has 3 nitrogen and oxygen atoms in total. The summed E-state index contributed by atoms with van der Waals surface area (Å²) in [6.45, 7) is 6.06. The molecule has 1 rings (SSSR count). The molecule has 0 aliphatic carbocycles. The highest BCUT2D eigenvalue weighted by Gasteiger charge is 2.20. The third-order valence-electron chi connectivity index (χ3n) is 2.55. The predicted molar refractivity (Wildman–Crippen MR) is 69.6 cm³/mol. The smallest absolute Gasteiger partial charge is 0.314 e. The van der Waals surface area contributed by atoms with E-state index in [1.54, 1.807) is 0 Å². The van der Waals surface area contributed by atoms with Gasteiger partial charge in [-0.3, -0.25) is 9.79 Å². The number of rotatable bonds is 5. The molecule has 0 N–H and O–H groups in total. The molecule has 1 aromatic rings. The van der Waals surface area contributed by atoms with Gasteiger partial charge in [0.2, 0.25) is 0 Å². The number of hydrogen-bond acceptors (Lipinski definition) is 3. The fraction of sp³-hybridized carbons (Fsp3) is 0.429. The van der Waals surface area contributed by atoms with E-state index in [1.807, 2.05) is 51.1 Å². The number of hydrogen-bond donors (Lipinski definition) is 0. The topological polar surface area (TPSA) is 38.7 Å². The predicted octanol–water partition coefficient (Wildman–Crippen LogP) is 3.37. The van der Waals surface area contributed by atoms with Gasteiger partial charge in [-0.15, -0.1) is 0 Å². The molecule has 0 spiro atoms. The van der Waals surface area contributed by atoms with Gasteiger partial charge in [0, 0.05) is 5.71 Å². The Kier molecular flexibility index (Phi) is 5.40. The van der Waals surface area contributed by atoms with Crippen molar-refractivity contribution in [2.45, 2.75) is 27.2 Å². The molecular weight excluding hydrogens is 214 g/mol. The highest BCUT2D eigenvalue weighted by Crippen LogP contribution is 2.15. The Morgan fingerprint density at radius 2 is 1.94 bits per heavy atom. The molecule has 1 aromatic carbocycles. The normalized spacial score (nSPS) is 13.2. The molecule has 3 heteroatoms. The van der Waals surface area contributed by atoms with Crippen LogP contribution in [0.3, 0.4) is 0 Å². The van der Waals surface area contributed by atoms with E-state index in [2.05, 4.69) is 4.99 Å². The van der Waals surface area contributed by atoms with Gasteiger partial charge in [-0.1, -0.05) is 25.1 Å². The van der Waals surface area contributed by atoms with E-state index in [-0.39, 0.29) is 11.9 Å². The lowest BCUT2D eigenvalue weighted by Crippen LogP contribution is -2.23. The van der Waals surface area contributed by atoms with Crippen molar-refractivity contribution in [3.63, 3.8) is 0 Å². The van der Waals surface area contributed by atoms with Gasteiger partial charge in [0.15, 0.2) is 0 Å². The van der Waals surface area contributed by atoms with Crippen LogP contribution in [0.15, 0.2) is 35.3 Å². The maximum Gasteiger partial charge on any atom is 0.314 e. The third kappa shape index (κ3) is 4.02. The van der Waals surface area contributed by atoms with Gasteiger partial charge in [-0.25, -0.2) is 0 Å². The van der Waals surface area contributed by atoms with Gasteiger partial charge < -0.3 is 4.74 Å². The summed E-state index contributed by atoms with van der Waals surface area (Å²) in [7, 11) is 0. The number of aliphatic imine (C=N–C) groups is 1. The molecule has 1 atom stereocenters. The molecule has 0 radical (unpaired) electrons. The number of carbonyl (C=O) groups is 1. The highest BCUT2D eigenvalue weighted by atomic mass is 16.5. The SMILES string of the molecule is CCOC(=O)C(CC)C(C)=Nc1ccccc1. The zero-order valence-corrected chi connectivity index (χ0v) is 10.6. The lowest BCUT2D eigenvalue weighted by atomic mass is 10.0. The molecule has 0 aliphatic heterocycles. The Bertz CT molecular complexity index is 384. The van der Waals surface area contributed by atoms with Crippen molar-refractivity contribution >= 4 is 17.4 Å². The largest absolute Gasteiger partial charge is 0.465 e. The highest BCUT2D eigenvalue weighted by molar-refractivity contribution is 6.01. The van der Waals surface area contributed by atoms with Gasteiger partial charge in [-0.2, -0.15) is 0 Å². The summed E-state index contributed by atoms with van der Waals surface area (Å²) in [6, 6.07) is 9.63. The van der Waals surface area contributed by atoms with Crippen LogP contribution in [0.2, 0.25) is 0 Å². The molecule has 0 heterocycles. The van der Waals surface area contributed by atoms with Gasteiger partial charge in [-0.05, 0) is 32.4 Å². The first kappa shape index (κ1) is 13.4. The Morgan fingerprint density at radius 1 is 1.29 bits per heavy atom. The van der Waals surface area contributed by atoms with Gasteiger partial charge in [0.05, 0.1) is 18.2 Å². The third-order valence-corrected chi connectivity index (χ3v) is 2.55. The fourth-order valence-electron chi connectivity index (χ4n) is 1.66. The molecule has 0 saturated carbocycles. The van der Waals surface area contributed by atoms with Crippen LogP contribution in [0.1, 0.15) is 27.2 Å². The lowest BCUT2D eigenvalue weighted by molar-refractivity contribution is -0.145. The van der Waals surface area contributed by atoms with Crippen LogP contribution >= 0.6 is 0 Å². The van der Waals surface area contributed by atoms with Gasteiger partial charge in [0.1, 0.15) is 0 Å². The van der Waals surface area contributed by atoms with Crippen molar-refractivity contribution in [3.8, 4) is 0 Å². The zero-order valence-electron chi connectivity index (χ0n) is 10.6. The van der Waals surface area contributed by atoms with E-state index in [0.29, 0.717) is 13.0 Å². The van der Waals surface area contributed by atoms with Crippen LogP contribution in [0, 0.1) is 5.92 Å². The van der Waals surface area contributed by atoms with Crippen molar-refractivity contribution < 1.29 is 9.53 Å². The second kappa shape index (κ2) is 6.84. The zero-order chi connectivity index (χ0) is 12.7. The summed E-state index contributed by atoms with van der Waals surface area (Å²) < 4.78 is 5.03. The summed E-state index contributed by atoms with van der Waals surface area (Å²) in [4.78, 5) is 16.2. The summed E-state index contributed by atoms with van der Waals surface area (Å²) >= 11 is 0. The average molecular weight is 233 g/mol. The van der Waals surface area contributed by atoms with Crippen molar-refractivity contribution in [2.24, 2.45) is 10.9 Å². The van der Waals surface area contributed by atoms with E-state index in [4.69, 9.17) is 4.74 Å². The number of benzene rings is 1. The first-order chi connectivity index (χ1) is 8.19. The number of nitrogens with zero attached hydrogens (tertiary/aromatic N) is 1. The van der Waals surface area contributed by atoms with E-state index in [9.17, 15) is 4.79 Å². The summed E-state index contributed by atoms with van der Waals surface area (Å²) in [5.41, 5.74) is 1.67. The maximum atomic E-state index is 11.7. The van der Waals surface area contributed by atoms with Crippen molar-refractivity contribution in [1.29, 1.82) is 0 Å². The van der Waals surface area contributed by atoms with E-state index in [0.717, 1.165) is 11.4 Å². The summed E-state index contributed by atoms with van der Waals surface area (Å²) in [6.07, 6.45) is 0.709. The molecule has 1 unspecified atom stereocenters. The molecule has 0 fully saturated rings. The van der Waals surface area contributed by atoms with Crippen LogP contribution in [0.4, 0.5) is 5.69 Å². The Labute approximate surface area is 103 Å². The number of carbonyl (C=O) groups excluding carboxylic acids is 1. The monoisotopic (exact) mass is 233 g/mol. The second-order valence-corrected chi connectivity index (χ2v) is 3.80. The molecule has 92 valence electrons. The molecule has 17 heavy (non-hydrogen) atoms. The molecule has 0 aromatic heterocycles. The minimum atomic E-state index is -0.241. The standard InChI is InChI=1S/C14H19NO2/c1-4-13(14(16)17-5-2)11(3)15-12-9-7-6-8-10-12/h6-10,13H,4-5H2,1-3H3. The summed E-state index contributed by atoms with van der Waals surface area (Å²) in [5, 5.41) is 0. The van der Waals surface area contributed by atoms with Crippen molar-refractivity contribution in [2.75, 3.05) is 6.61 Å². The van der Waals surface area contributed by atoms with Crippen LogP contribution in [0.25, 0.3) is 0 Å². The molecule has 0 aliphatic rings. The Balaban J connectivity index is 2.82. The number of esters is 1. The molecule has 0 amide bonds. The van der Waals surface area contributed by atoms with E-state index >= 15 is 0 Å². The Morgan fingerprint density at radius 3 is 2.47 bits per heavy atom. The van der Waals surface area contributed by atoms with Crippen LogP contribution in [0.5, 0.6) is 0 Å². The number of para-hydroxylation sites is 1. The minimum absolute atomic E-state index is 0.188. The maximum absolute atomic E-state index is 11.7. The van der Waals surface area contributed by atoms with Crippen molar-refractivity contribution in [1.82, 2.24) is 0 Å². The van der Waals surface area contributed by atoms with Crippen LogP contribution in [-0.2, 0) is 9.53 Å². The average Bonchev–Trinajstić information content (AvgIpc) is 2.31. The Hall–Kier alpha value is -1.64. The first-order valence-electron chi connectivity index (χ1n) is 5.95. The molecular formula is C14H19NO2. The fourth-order valence-corrected chi connectivity index (χ4v) is 1.66. The van der Waals surface area contributed by atoms with E-state index < -0.39 is 0 Å². The van der Waals surface area contributed by atoms with Gasteiger partial charge in [0.25, 0.3) is 0 Å². The molecule has 0 saturated heterocycles. The lowest BCUT2D eigenvalue weighted by Gasteiger charge is -2.13. The first-order valence-corrected chi connectivity index (χ1v) is 5.95. The van der Waals surface area contributed by atoms with Crippen LogP contribution in [-0.4, -0.2) is 18.3 Å².